The summed E-state index contributed by atoms with van der Waals surface area (Å²) in [6.45, 7) is 4.36. The number of ether oxygens (including phenoxy) is 1. The zero-order chi connectivity index (χ0) is 24.5. The SMILES string of the molecule is Cc1c([C@@H]2CN3CCN(C(=O)Cc4cc(-n5cnnn5)ccc4F)C[C@@H]3CO2)ccc(F)c1C#N. The molecule has 1 aromatic heterocycles. The summed E-state index contributed by atoms with van der Waals surface area (Å²) in [7, 11) is 0. The van der Waals surface area contributed by atoms with E-state index in [-0.39, 0.29) is 35.6 Å². The average molecular weight is 479 g/mol. The first kappa shape index (κ1) is 23.0. The van der Waals surface area contributed by atoms with E-state index in [9.17, 15) is 18.8 Å². The quantitative estimate of drug-likeness (QED) is 0.564. The lowest BCUT2D eigenvalue weighted by atomic mass is 9.96. The second-order valence-electron chi connectivity index (χ2n) is 8.77. The molecule has 0 aliphatic carbocycles. The number of halogens is 2. The topological polar surface area (TPSA) is 100 Å². The lowest BCUT2D eigenvalue weighted by Gasteiger charge is -2.46. The molecule has 2 fully saturated rings. The number of benzene rings is 2. The second kappa shape index (κ2) is 9.48. The normalized spacial score (nSPS) is 20.3. The monoisotopic (exact) mass is 479 g/mol. The lowest BCUT2D eigenvalue weighted by Crippen LogP contribution is -2.59. The Hall–Kier alpha value is -3.75. The summed E-state index contributed by atoms with van der Waals surface area (Å²) < 4.78 is 35.8. The number of fused-ring (bicyclic) bond motifs is 1. The minimum atomic E-state index is -0.533. The highest BCUT2D eigenvalue weighted by Gasteiger charge is 2.36. The highest BCUT2D eigenvalue weighted by molar-refractivity contribution is 5.79. The van der Waals surface area contributed by atoms with E-state index in [1.807, 2.05) is 6.07 Å². The molecule has 0 N–H and O–H groups in total. The van der Waals surface area contributed by atoms with Crippen LogP contribution in [0.1, 0.15) is 28.4 Å². The summed E-state index contributed by atoms with van der Waals surface area (Å²) in [6, 6.07) is 9.36. The lowest BCUT2D eigenvalue weighted by molar-refractivity contribution is -0.139. The third-order valence-electron chi connectivity index (χ3n) is 6.75. The third kappa shape index (κ3) is 4.50. The van der Waals surface area contributed by atoms with Gasteiger partial charge in [-0.1, -0.05) is 6.07 Å². The number of hydrogen-bond donors (Lipinski definition) is 0. The van der Waals surface area contributed by atoms with Crippen molar-refractivity contribution in [3.63, 3.8) is 0 Å². The standard InChI is InChI=1S/C24H23F2N7O2/c1-15-19(3-5-22(26)20(15)10-27)23-12-31-6-7-32(11-18(31)13-35-23)24(34)9-16-8-17(2-4-21(16)25)33-14-28-29-30-33/h2-5,8,14,18,23H,6-7,9,11-13H2,1H3/t18-,23+/m1/s1. The zero-order valence-corrected chi connectivity index (χ0v) is 19.1. The van der Waals surface area contributed by atoms with Gasteiger partial charge in [-0.25, -0.2) is 13.5 Å². The molecule has 2 atom stereocenters. The minimum Gasteiger partial charge on any atom is -0.370 e. The smallest absolute Gasteiger partial charge is 0.227 e. The summed E-state index contributed by atoms with van der Waals surface area (Å²) >= 11 is 0. The number of carbonyl (C=O) groups is 1. The molecule has 9 nitrogen and oxygen atoms in total. The molecule has 2 aliphatic heterocycles. The van der Waals surface area contributed by atoms with E-state index in [1.165, 1.54) is 23.1 Å². The van der Waals surface area contributed by atoms with E-state index < -0.39 is 11.6 Å². The van der Waals surface area contributed by atoms with Crippen LogP contribution in [0.3, 0.4) is 0 Å². The fourth-order valence-electron chi connectivity index (χ4n) is 4.77. The number of amides is 1. The molecule has 180 valence electrons. The second-order valence-corrected chi connectivity index (χ2v) is 8.77. The number of piperazine rings is 1. The Bertz CT molecular complexity index is 1290. The van der Waals surface area contributed by atoms with Gasteiger partial charge in [0.05, 0.1) is 36.4 Å². The van der Waals surface area contributed by atoms with Crippen LogP contribution in [0.5, 0.6) is 0 Å². The van der Waals surface area contributed by atoms with Gasteiger partial charge in [0, 0.05) is 26.2 Å². The number of nitriles is 1. The molecule has 2 aromatic carbocycles. The predicted molar refractivity (Wildman–Crippen MR) is 119 cm³/mol. The highest BCUT2D eigenvalue weighted by atomic mass is 19.1. The van der Waals surface area contributed by atoms with Crippen molar-refractivity contribution < 1.29 is 18.3 Å². The molecule has 3 aromatic rings. The van der Waals surface area contributed by atoms with Gasteiger partial charge in [-0.15, -0.1) is 5.10 Å². The number of morpholine rings is 1. The van der Waals surface area contributed by atoms with Crippen molar-refractivity contribution in [2.24, 2.45) is 0 Å². The molecule has 1 amide bonds. The van der Waals surface area contributed by atoms with Gasteiger partial charge in [-0.2, -0.15) is 5.26 Å². The van der Waals surface area contributed by atoms with Crippen LogP contribution in [0, 0.1) is 29.9 Å². The minimum absolute atomic E-state index is 0.0116. The molecule has 2 saturated heterocycles. The fourth-order valence-corrected chi connectivity index (χ4v) is 4.77. The van der Waals surface area contributed by atoms with Crippen molar-refractivity contribution >= 4 is 5.91 Å². The van der Waals surface area contributed by atoms with Gasteiger partial charge in [0.25, 0.3) is 0 Å². The predicted octanol–water partition coefficient (Wildman–Crippen LogP) is 1.95. The third-order valence-corrected chi connectivity index (χ3v) is 6.75. The van der Waals surface area contributed by atoms with Gasteiger partial charge < -0.3 is 9.64 Å². The number of carbonyl (C=O) groups excluding carboxylic acids is 1. The molecule has 0 spiro atoms. The first-order valence-electron chi connectivity index (χ1n) is 11.3. The van der Waals surface area contributed by atoms with Crippen molar-refractivity contribution in [2.45, 2.75) is 25.5 Å². The van der Waals surface area contributed by atoms with Crippen LogP contribution in [0.4, 0.5) is 8.78 Å². The van der Waals surface area contributed by atoms with Gasteiger partial charge in [-0.3, -0.25) is 9.69 Å². The summed E-state index contributed by atoms with van der Waals surface area (Å²) in [5.41, 5.74) is 2.30. The van der Waals surface area contributed by atoms with Crippen LogP contribution in [-0.4, -0.2) is 74.7 Å². The van der Waals surface area contributed by atoms with E-state index in [1.54, 1.807) is 30.0 Å². The van der Waals surface area contributed by atoms with Crippen LogP contribution >= 0.6 is 0 Å². The highest BCUT2D eigenvalue weighted by Crippen LogP contribution is 2.31. The maximum absolute atomic E-state index is 14.4. The van der Waals surface area contributed by atoms with E-state index in [2.05, 4.69) is 20.4 Å². The first-order valence-corrected chi connectivity index (χ1v) is 11.3. The number of rotatable bonds is 4. The Morgan fingerprint density at radius 2 is 2.03 bits per heavy atom. The molecule has 0 saturated carbocycles. The maximum Gasteiger partial charge on any atom is 0.227 e. The molecular formula is C24H23F2N7O2. The van der Waals surface area contributed by atoms with Crippen LogP contribution in [-0.2, 0) is 16.0 Å². The Balaban J connectivity index is 1.23. The Morgan fingerprint density at radius 1 is 1.20 bits per heavy atom. The van der Waals surface area contributed by atoms with Crippen LogP contribution < -0.4 is 0 Å². The Labute approximate surface area is 200 Å². The first-order chi connectivity index (χ1) is 16.9. The molecule has 3 heterocycles. The maximum atomic E-state index is 14.4. The summed E-state index contributed by atoms with van der Waals surface area (Å²) in [6.07, 6.45) is 1.07. The van der Waals surface area contributed by atoms with Crippen molar-refractivity contribution in [1.82, 2.24) is 30.0 Å². The fraction of sp³-hybridized carbons (Fsp3) is 0.375. The van der Waals surface area contributed by atoms with E-state index >= 15 is 0 Å². The average Bonchev–Trinajstić information content (AvgIpc) is 3.40. The molecule has 11 heteroatoms. The van der Waals surface area contributed by atoms with E-state index in [0.717, 1.165) is 5.56 Å². The van der Waals surface area contributed by atoms with Gasteiger partial charge in [0.15, 0.2) is 0 Å². The van der Waals surface area contributed by atoms with E-state index in [0.29, 0.717) is 44.0 Å². The number of tetrazole rings is 1. The molecule has 0 radical (unpaired) electrons. The van der Waals surface area contributed by atoms with Crippen molar-refractivity contribution in [3.05, 3.63) is 70.5 Å². The molecule has 0 unspecified atom stereocenters. The van der Waals surface area contributed by atoms with Gasteiger partial charge in [0.1, 0.15) is 24.0 Å². The molecule has 2 aliphatic rings. The summed E-state index contributed by atoms with van der Waals surface area (Å²) in [5, 5.41) is 20.2. The van der Waals surface area contributed by atoms with Crippen molar-refractivity contribution in [1.29, 1.82) is 5.26 Å². The van der Waals surface area contributed by atoms with Crippen LogP contribution in [0.25, 0.3) is 5.69 Å². The van der Waals surface area contributed by atoms with Crippen LogP contribution in [0.15, 0.2) is 36.7 Å². The van der Waals surface area contributed by atoms with Gasteiger partial charge >= 0.3 is 0 Å². The number of aromatic nitrogens is 4. The van der Waals surface area contributed by atoms with Crippen LogP contribution in [0.2, 0.25) is 0 Å². The van der Waals surface area contributed by atoms with Gasteiger partial charge in [-0.05, 0) is 58.3 Å². The summed E-state index contributed by atoms with van der Waals surface area (Å²) in [5.74, 6) is -1.15. The molecule has 35 heavy (non-hydrogen) atoms. The van der Waals surface area contributed by atoms with Crippen molar-refractivity contribution in [3.8, 4) is 11.8 Å². The zero-order valence-electron chi connectivity index (χ0n) is 19.1. The van der Waals surface area contributed by atoms with Gasteiger partial charge in [0.2, 0.25) is 5.91 Å². The molecular weight excluding hydrogens is 456 g/mol. The molecule has 5 rings (SSSR count). The van der Waals surface area contributed by atoms with Crippen molar-refractivity contribution in [2.75, 3.05) is 32.8 Å². The number of nitrogens with zero attached hydrogens (tertiary/aromatic N) is 7. The van der Waals surface area contributed by atoms with E-state index in [4.69, 9.17) is 4.74 Å². The largest absolute Gasteiger partial charge is 0.370 e. The summed E-state index contributed by atoms with van der Waals surface area (Å²) in [4.78, 5) is 17.0. The Kier molecular flexibility index (Phi) is 6.23. The Morgan fingerprint density at radius 3 is 2.80 bits per heavy atom. The molecule has 0 bridgehead atoms. The number of hydrogen-bond acceptors (Lipinski definition) is 7.